The molecular weight excluding hydrogens is 250 g/mol. The van der Waals surface area contributed by atoms with E-state index in [-0.39, 0.29) is 6.61 Å². The predicted molar refractivity (Wildman–Crippen MR) is 59.2 cm³/mol. The van der Waals surface area contributed by atoms with Crippen LogP contribution in [0.3, 0.4) is 0 Å². The lowest BCUT2D eigenvalue weighted by Crippen LogP contribution is -2.40. The van der Waals surface area contributed by atoms with Crippen LogP contribution in [0.5, 0.6) is 0 Å². The van der Waals surface area contributed by atoms with Gasteiger partial charge in [0.1, 0.15) is 0 Å². The molecule has 1 unspecified atom stereocenters. The highest BCUT2D eigenvalue weighted by Gasteiger charge is 2.21. The van der Waals surface area contributed by atoms with Crippen LogP contribution in [-0.4, -0.2) is 36.1 Å². The zero-order chi connectivity index (χ0) is 13.1. The predicted octanol–water partition coefficient (Wildman–Crippen LogP) is -1.89. The Kier molecular flexibility index (Phi) is 4.21. The molecule has 0 aliphatic heterocycles. The van der Waals surface area contributed by atoms with Gasteiger partial charge in [0.25, 0.3) is 5.56 Å². The Balaban J connectivity index is 3.14. The zero-order valence-corrected chi connectivity index (χ0v) is 9.87. The van der Waals surface area contributed by atoms with E-state index in [1.807, 2.05) is 0 Å². The summed E-state index contributed by atoms with van der Waals surface area (Å²) in [7, 11) is -4.06. The van der Waals surface area contributed by atoms with Crippen LogP contribution >= 0.6 is 0 Å². The van der Waals surface area contributed by atoms with E-state index in [1.54, 1.807) is 11.9 Å². The summed E-state index contributed by atoms with van der Waals surface area (Å²) in [6.07, 6.45) is 1.19. The van der Waals surface area contributed by atoms with Crippen LogP contribution in [0, 0.1) is 0 Å². The maximum Gasteiger partial charge on any atom is 0.325 e. The summed E-state index contributed by atoms with van der Waals surface area (Å²) in [5.41, 5.74) is -1.79. The molecule has 1 heterocycles. The van der Waals surface area contributed by atoms with Crippen LogP contribution in [0.4, 0.5) is 0 Å². The Labute approximate surface area is 96.8 Å². The molecule has 1 rings (SSSR count). The van der Waals surface area contributed by atoms with Gasteiger partial charge in [-0.1, -0.05) is 6.92 Å². The van der Waals surface area contributed by atoms with E-state index in [1.165, 1.54) is 0 Å². The molecule has 0 fully saturated rings. The minimum Gasteiger partial charge on any atom is -0.395 e. The Morgan fingerprint density at radius 2 is 2.12 bits per heavy atom. The van der Waals surface area contributed by atoms with Crippen molar-refractivity contribution < 1.29 is 13.5 Å². The van der Waals surface area contributed by atoms with E-state index in [2.05, 4.69) is 9.71 Å². The molecule has 8 nitrogen and oxygen atoms in total. The number of aliphatic hydroxyl groups is 1. The van der Waals surface area contributed by atoms with Gasteiger partial charge >= 0.3 is 5.69 Å². The van der Waals surface area contributed by atoms with Crippen molar-refractivity contribution >= 4 is 10.0 Å². The lowest BCUT2D eigenvalue weighted by atomic mass is 10.3. The van der Waals surface area contributed by atoms with E-state index < -0.39 is 32.2 Å². The number of hydrogen-bond acceptors (Lipinski definition) is 5. The van der Waals surface area contributed by atoms with Gasteiger partial charge < -0.3 is 10.1 Å². The van der Waals surface area contributed by atoms with E-state index in [0.717, 1.165) is 6.20 Å². The number of aromatic amines is 2. The van der Waals surface area contributed by atoms with Crippen LogP contribution in [0.25, 0.3) is 0 Å². The smallest absolute Gasteiger partial charge is 0.325 e. The average Bonchev–Trinajstić information content (AvgIpc) is 2.25. The second-order valence-corrected chi connectivity index (χ2v) is 5.03. The van der Waals surface area contributed by atoms with Crippen molar-refractivity contribution in [3.8, 4) is 0 Å². The highest BCUT2D eigenvalue weighted by Crippen LogP contribution is 2.01. The van der Waals surface area contributed by atoms with E-state index in [9.17, 15) is 18.0 Å². The maximum atomic E-state index is 11.7. The van der Waals surface area contributed by atoms with Gasteiger partial charge in [-0.2, -0.15) is 0 Å². The van der Waals surface area contributed by atoms with Crippen LogP contribution in [-0.2, 0) is 10.0 Å². The number of hydrogen-bond donors (Lipinski definition) is 4. The standard InChI is InChI=1S/C8H13N3O5S/c1-2-5(4-12)11-17(15,16)6-3-9-8(14)10-7(6)13/h3,5,11-12H,2,4H2,1H3,(H2,9,10,13,14). The minimum atomic E-state index is -4.06. The average molecular weight is 263 g/mol. The quantitative estimate of drug-likeness (QED) is 0.493. The molecule has 0 radical (unpaired) electrons. The number of H-pyrrole nitrogens is 2. The van der Waals surface area contributed by atoms with Gasteiger partial charge in [0, 0.05) is 12.2 Å². The molecule has 0 bridgehead atoms. The normalized spacial score (nSPS) is 13.5. The van der Waals surface area contributed by atoms with Gasteiger partial charge in [-0.3, -0.25) is 9.78 Å². The molecule has 0 aliphatic rings. The molecule has 4 N–H and O–H groups in total. The van der Waals surface area contributed by atoms with E-state index >= 15 is 0 Å². The van der Waals surface area contributed by atoms with Gasteiger partial charge in [0.15, 0.2) is 4.90 Å². The highest BCUT2D eigenvalue weighted by atomic mass is 32.2. The number of sulfonamides is 1. The Morgan fingerprint density at radius 3 is 2.59 bits per heavy atom. The second kappa shape index (κ2) is 5.25. The topological polar surface area (TPSA) is 132 Å². The molecule has 0 saturated carbocycles. The first-order valence-corrected chi connectivity index (χ1v) is 6.34. The summed E-state index contributed by atoms with van der Waals surface area (Å²) < 4.78 is 25.6. The van der Waals surface area contributed by atoms with Crippen LogP contribution in [0.1, 0.15) is 13.3 Å². The number of aliphatic hydroxyl groups excluding tert-OH is 1. The van der Waals surface area contributed by atoms with Gasteiger partial charge in [-0.25, -0.2) is 17.9 Å². The van der Waals surface area contributed by atoms with Crippen LogP contribution < -0.4 is 16.0 Å². The zero-order valence-electron chi connectivity index (χ0n) is 9.06. The molecule has 0 spiro atoms. The molecule has 9 heteroatoms. The van der Waals surface area contributed by atoms with Gasteiger partial charge in [-0.15, -0.1) is 0 Å². The van der Waals surface area contributed by atoms with Crippen molar-refractivity contribution in [3.63, 3.8) is 0 Å². The Hall–Kier alpha value is -1.45. The third-order valence-corrected chi connectivity index (χ3v) is 3.64. The lowest BCUT2D eigenvalue weighted by molar-refractivity contribution is 0.254. The fourth-order valence-electron chi connectivity index (χ4n) is 1.13. The van der Waals surface area contributed by atoms with Crippen LogP contribution in [0.15, 0.2) is 20.7 Å². The van der Waals surface area contributed by atoms with Crippen molar-refractivity contribution in [3.05, 3.63) is 27.0 Å². The second-order valence-electron chi connectivity index (χ2n) is 3.35. The molecule has 1 aromatic rings. The number of rotatable bonds is 5. The first kappa shape index (κ1) is 13.6. The van der Waals surface area contributed by atoms with Crippen molar-refractivity contribution in [1.29, 1.82) is 0 Å². The van der Waals surface area contributed by atoms with Gasteiger partial charge in [-0.05, 0) is 6.42 Å². The van der Waals surface area contributed by atoms with Crippen molar-refractivity contribution in [2.24, 2.45) is 0 Å². The summed E-state index contributed by atoms with van der Waals surface area (Å²) in [6.45, 7) is 1.30. The largest absolute Gasteiger partial charge is 0.395 e. The molecule has 17 heavy (non-hydrogen) atoms. The summed E-state index contributed by atoms with van der Waals surface area (Å²) in [4.78, 5) is 25.3. The van der Waals surface area contributed by atoms with Crippen molar-refractivity contribution in [2.45, 2.75) is 24.3 Å². The summed E-state index contributed by atoms with van der Waals surface area (Å²) in [5, 5.41) is 8.88. The Morgan fingerprint density at radius 1 is 1.47 bits per heavy atom. The van der Waals surface area contributed by atoms with E-state index in [0.29, 0.717) is 6.42 Å². The summed E-state index contributed by atoms with van der Waals surface area (Å²) >= 11 is 0. The first-order chi connectivity index (χ1) is 7.90. The fourth-order valence-corrected chi connectivity index (χ4v) is 2.45. The molecule has 96 valence electrons. The molecule has 0 amide bonds. The molecule has 1 aromatic heterocycles. The summed E-state index contributed by atoms with van der Waals surface area (Å²) in [6, 6.07) is -0.675. The SMILES string of the molecule is CCC(CO)NS(=O)(=O)c1c[nH]c(=O)[nH]c1=O. The fraction of sp³-hybridized carbons (Fsp3) is 0.500. The third-order valence-electron chi connectivity index (χ3n) is 2.11. The monoisotopic (exact) mass is 263 g/mol. The molecule has 0 saturated heterocycles. The lowest BCUT2D eigenvalue weighted by Gasteiger charge is -2.13. The highest BCUT2D eigenvalue weighted by molar-refractivity contribution is 7.89. The summed E-state index contributed by atoms with van der Waals surface area (Å²) in [5.74, 6) is 0. The maximum absolute atomic E-state index is 11.7. The minimum absolute atomic E-state index is 0.372. The van der Waals surface area contributed by atoms with Gasteiger partial charge in [0.05, 0.1) is 6.61 Å². The van der Waals surface area contributed by atoms with E-state index in [4.69, 9.17) is 5.11 Å². The van der Waals surface area contributed by atoms with Crippen molar-refractivity contribution in [1.82, 2.24) is 14.7 Å². The van der Waals surface area contributed by atoms with Crippen molar-refractivity contribution in [2.75, 3.05) is 6.61 Å². The molecular formula is C8H13N3O5S. The number of aromatic nitrogens is 2. The van der Waals surface area contributed by atoms with Crippen LogP contribution in [0.2, 0.25) is 0 Å². The number of nitrogens with one attached hydrogen (secondary N) is 3. The molecule has 0 aliphatic carbocycles. The third kappa shape index (κ3) is 3.25. The van der Waals surface area contributed by atoms with Gasteiger partial charge in [0.2, 0.25) is 10.0 Å². The molecule has 0 aromatic carbocycles. The first-order valence-electron chi connectivity index (χ1n) is 4.86. The molecule has 1 atom stereocenters. The Bertz CT molecular complexity index is 584.